The molecule has 0 unspecified atom stereocenters. The minimum absolute atomic E-state index is 0. The second-order valence-corrected chi connectivity index (χ2v) is 12.5. The van der Waals surface area contributed by atoms with Crippen LogP contribution in [-0.4, -0.2) is 33.4 Å². The van der Waals surface area contributed by atoms with Crippen LogP contribution in [0.1, 0.15) is 77.0 Å². The molecule has 8 aliphatic rings. The topological polar surface area (TPSA) is 0 Å². The Hall–Kier alpha value is 2.37. The van der Waals surface area contributed by atoms with E-state index in [1.165, 1.54) is 0 Å². The molecule has 0 atom stereocenters. The normalized spacial score (nSPS) is 53.8. The fourth-order valence-electron chi connectivity index (χ4n) is 8.91. The molecular weight excluding hydrogens is 373 g/mol. The monoisotopic (exact) mass is 402 g/mol. The molecule has 8 aliphatic carbocycles. The summed E-state index contributed by atoms with van der Waals surface area (Å²) in [6, 6.07) is 0. The zero-order valence-electron chi connectivity index (χ0n) is 15.9. The Morgan fingerprint density at radius 3 is 0.880 bits per heavy atom. The van der Waals surface area contributed by atoms with Gasteiger partial charge in [0.1, 0.15) is 0 Å². The molecule has 0 aromatic carbocycles. The third kappa shape index (κ3) is 4.03. The summed E-state index contributed by atoms with van der Waals surface area (Å²) in [5, 5.41) is 1.64. The number of rotatable bonds is 2. The molecule has 132 valence electrons. The first-order chi connectivity index (χ1) is 10.2. The van der Waals surface area contributed by atoms with Gasteiger partial charge in [-0.3, -0.25) is 0 Å². The molecule has 0 N–H and O–H groups in total. The predicted molar refractivity (Wildman–Crippen MR) is 94.5 cm³/mol. The van der Waals surface area contributed by atoms with Crippen LogP contribution in [0.25, 0.3) is 0 Å². The van der Waals surface area contributed by atoms with Crippen LogP contribution in [0.4, 0.5) is 0 Å². The maximum Gasteiger partial charge on any atom is 2.00 e. The summed E-state index contributed by atoms with van der Waals surface area (Å²) in [4.78, 5) is 0. The number of hydrogen-bond acceptors (Lipinski definition) is 0. The van der Waals surface area contributed by atoms with Gasteiger partial charge in [-0.2, -0.15) is 10.3 Å². The second kappa shape index (κ2) is 8.25. The van der Waals surface area contributed by atoms with E-state index in [1.807, 2.05) is 8.58 Å². The molecule has 0 aromatic rings. The van der Waals surface area contributed by atoms with Crippen molar-refractivity contribution < 1.29 is 43.7 Å². The van der Waals surface area contributed by atoms with Gasteiger partial charge in [-0.25, -0.2) is 0 Å². The van der Waals surface area contributed by atoms with Gasteiger partial charge in [-0.1, -0.05) is 38.5 Å². The molecule has 0 spiro atoms. The Morgan fingerprint density at radius 1 is 0.480 bits per heavy atom. The van der Waals surface area contributed by atoms with Gasteiger partial charge in [0, 0.05) is 0 Å². The Balaban J connectivity index is 0.000000563. The molecule has 25 heavy (non-hydrogen) atoms. The third-order valence-corrected chi connectivity index (χ3v) is 10.5. The molecule has 8 rings (SSSR count). The van der Waals surface area contributed by atoms with E-state index in [2.05, 4.69) is 0 Å². The minimum atomic E-state index is 0. The fraction of sp³-hybridized carbons (Fsp3) is 1.00. The van der Waals surface area contributed by atoms with Crippen LogP contribution in [0.5, 0.6) is 0 Å². The summed E-state index contributed by atoms with van der Waals surface area (Å²) < 4.78 is 0. The molecule has 0 aliphatic heterocycles. The van der Waals surface area contributed by atoms with Crippen molar-refractivity contribution >= 4 is 31.6 Å². The molecule has 0 heterocycles. The molecular formula is C20H30Cl2LiMgP. The van der Waals surface area contributed by atoms with Crippen LogP contribution in [-0.2, 0) is 0 Å². The van der Waals surface area contributed by atoms with Crippen molar-refractivity contribution in [1.82, 2.24) is 0 Å². The minimum Gasteiger partial charge on any atom is -1.00 e. The van der Waals surface area contributed by atoms with Gasteiger partial charge in [0.05, 0.1) is 0 Å². The zero-order valence-corrected chi connectivity index (χ0v) is 19.7. The van der Waals surface area contributed by atoms with Gasteiger partial charge < -0.3 is 33.4 Å². The Labute approximate surface area is 196 Å². The number of halogens is 2. The van der Waals surface area contributed by atoms with Crippen molar-refractivity contribution in [3.05, 3.63) is 0 Å². The first kappa shape index (κ1) is 23.7. The summed E-state index contributed by atoms with van der Waals surface area (Å²) in [7, 11) is 2.00. The average Bonchev–Trinajstić information content (AvgIpc) is 2.33. The summed E-state index contributed by atoms with van der Waals surface area (Å²) in [6.45, 7) is 0. The molecule has 8 saturated carbocycles. The Morgan fingerprint density at radius 2 is 0.680 bits per heavy atom. The van der Waals surface area contributed by atoms with Crippen molar-refractivity contribution in [3.8, 4) is 0 Å². The van der Waals surface area contributed by atoms with E-state index in [4.69, 9.17) is 0 Å². The SMILES string of the molecule is C1C2CC3CC1CC([P-]C14CC5CC(CC(C5)C1)C4)(C2)C3.[Cl-].[Cl-].[Li+].[Mg+2]. The first-order valence-electron chi connectivity index (χ1n) is 9.92. The van der Waals surface area contributed by atoms with E-state index < -0.39 is 0 Å². The van der Waals surface area contributed by atoms with Crippen molar-refractivity contribution in [2.24, 2.45) is 35.5 Å². The van der Waals surface area contributed by atoms with E-state index in [0.29, 0.717) is 0 Å². The molecule has 5 heteroatoms. The largest absolute Gasteiger partial charge is 2.00 e. The third-order valence-electron chi connectivity index (χ3n) is 8.49. The van der Waals surface area contributed by atoms with E-state index in [0.717, 1.165) is 45.8 Å². The summed E-state index contributed by atoms with van der Waals surface area (Å²) in [6.07, 6.45) is 19.6. The Bertz CT molecular complexity index is 374. The van der Waals surface area contributed by atoms with Crippen LogP contribution in [0.2, 0.25) is 0 Å². The molecule has 0 amide bonds. The van der Waals surface area contributed by atoms with E-state index in [-0.39, 0.29) is 66.7 Å². The average molecular weight is 404 g/mol. The van der Waals surface area contributed by atoms with Crippen molar-refractivity contribution in [1.29, 1.82) is 0 Å². The number of hydrogen-bond donors (Lipinski definition) is 0. The van der Waals surface area contributed by atoms with Gasteiger partial charge in [-0.05, 0) is 74.0 Å². The Kier molecular flexibility index (Phi) is 7.80. The van der Waals surface area contributed by atoms with E-state index in [9.17, 15) is 0 Å². The van der Waals surface area contributed by atoms with Crippen LogP contribution >= 0.6 is 8.58 Å². The summed E-state index contributed by atoms with van der Waals surface area (Å²) >= 11 is 0. The van der Waals surface area contributed by atoms with Crippen molar-refractivity contribution in [2.75, 3.05) is 0 Å². The van der Waals surface area contributed by atoms with Crippen LogP contribution in [0, 0.1) is 35.5 Å². The molecule has 8 fully saturated rings. The summed E-state index contributed by atoms with van der Waals surface area (Å²) in [5.41, 5.74) is 0. The van der Waals surface area contributed by atoms with Gasteiger partial charge >= 0.3 is 41.9 Å². The van der Waals surface area contributed by atoms with Crippen molar-refractivity contribution in [2.45, 2.75) is 87.4 Å². The molecule has 8 bridgehead atoms. The quantitative estimate of drug-likeness (QED) is 0.332. The molecule has 0 radical (unpaired) electrons. The molecule has 0 nitrogen and oxygen atoms in total. The maximum atomic E-state index is 2.00. The van der Waals surface area contributed by atoms with Gasteiger partial charge in [0.2, 0.25) is 0 Å². The summed E-state index contributed by atoms with van der Waals surface area (Å²) in [5.74, 6) is 6.90. The maximum absolute atomic E-state index is 2.00. The van der Waals surface area contributed by atoms with E-state index >= 15 is 0 Å². The standard InChI is InChI=1S/C20H30P.2ClH.Li.Mg/c1-13-2-15-3-14(1)8-19(7-13,9-15)21-20-10-16-4-17(11-20)6-18(5-16)12-20;;;;/h13-18H,1-12H2;2*1H;;/q-1;;;+1;+2/p-2. The van der Waals surface area contributed by atoms with Crippen LogP contribution in [0.3, 0.4) is 0 Å². The van der Waals surface area contributed by atoms with Crippen LogP contribution in [0.15, 0.2) is 0 Å². The predicted octanol–water partition coefficient (Wildman–Crippen LogP) is -3.50. The fourth-order valence-corrected chi connectivity index (χ4v) is 12.0. The second-order valence-electron chi connectivity index (χ2n) is 10.4. The van der Waals surface area contributed by atoms with Gasteiger partial charge in [-0.15, -0.1) is 0 Å². The van der Waals surface area contributed by atoms with E-state index in [1.54, 1.807) is 77.0 Å². The smallest absolute Gasteiger partial charge is 1.00 e. The zero-order chi connectivity index (χ0) is 13.7. The first-order valence-corrected chi connectivity index (χ1v) is 10.8. The van der Waals surface area contributed by atoms with Crippen molar-refractivity contribution in [3.63, 3.8) is 0 Å². The van der Waals surface area contributed by atoms with Crippen LogP contribution < -0.4 is 43.7 Å². The van der Waals surface area contributed by atoms with Gasteiger partial charge in [0.25, 0.3) is 0 Å². The van der Waals surface area contributed by atoms with Gasteiger partial charge in [0.15, 0.2) is 0 Å². The molecule has 0 saturated heterocycles. The molecule has 0 aromatic heterocycles.